The number of carbonyl (C=O) groups is 1. The fourth-order valence-electron chi connectivity index (χ4n) is 4.70. The summed E-state index contributed by atoms with van der Waals surface area (Å²) in [6.07, 6.45) is 7.29. The molecule has 0 unspecified atom stereocenters. The zero-order valence-corrected chi connectivity index (χ0v) is 17.6. The van der Waals surface area contributed by atoms with Gasteiger partial charge in [-0.15, -0.1) is 0 Å². The number of piperidine rings is 1. The van der Waals surface area contributed by atoms with Crippen LogP contribution in [0.5, 0.6) is 5.75 Å². The lowest BCUT2D eigenvalue weighted by atomic mass is 9.90. The first kappa shape index (κ1) is 20.0. The molecule has 2 aromatic rings. The van der Waals surface area contributed by atoms with E-state index in [2.05, 4.69) is 22.5 Å². The molecule has 6 nitrogen and oxygen atoms in total. The number of carbonyl (C=O) groups excluding carboxylic acids is 1. The number of hydrogen-bond donors (Lipinski definition) is 1. The predicted molar refractivity (Wildman–Crippen MR) is 113 cm³/mol. The van der Waals surface area contributed by atoms with Crippen LogP contribution in [0.25, 0.3) is 0 Å². The average molecular weight is 397 g/mol. The van der Waals surface area contributed by atoms with Crippen molar-refractivity contribution in [2.45, 2.75) is 51.0 Å². The van der Waals surface area contributed by atoms with E-state index in [0.29, 0.717) is 11.7 Å². The molecular weight excluding hydrogens is 364 g/mol. The Morgan fingerprint density at radius 1 is 1.24 bits per heavy atom. The van der Waals surface area contributed by atoms with Gasteiger partial charge in [-0.25, -0.2) is 0 Å². The number of nitrogens with one attached hydrogen (secondary N) is 1. The van der Waals surface area contributed by atoms with Crippen LogP contribution in [0, 0.1) is 0 Å². The summed E-state index contributed by atoms with van der Waals surface area (Å²) < 4.78 is 7.38. The van der Waals surface area contributed by atoms with E-state index < -0.39 is 0 Å². The molecule has 2 aliphatic rings. The monoisotopic (exact) mass is 396 g/mol. The Kier molecular flexibility index (Phi) is 6.19. The summed E-state index contributed by atoms with van der Waals surface area (Å²) in [5.74, 6) is 1.07. The third-order valence-electron chi connectivity index (χ3n) is 6.32. The van der Waals surface area contributed by atoms with Gasteiger partial charge in [0.1, 0.15) is 5.75 Å². The van der Waals surface area contributed by atoms with Gasteiger partial charge in [-0.05, 0) is 63.1 Å². The topological polar surface area (TPSA) is 59.4 Å². The highest BCUT2D eigenvalue weighted by atomic mass is 16.5. The van der Waals surface area contributed by atoms with Crippen LogP contribution in [0.4, 0.5) is 0 Å². The summed E-state index contributed by atoms with van der Waals surface area (Å²) in [4.78, 5) is 15.1. The number of ether oxygens (including phenoxy) is 1. The van der Waals surface area contributed by atoms with Gasteiger partial charge in [0.25, 0.3) is 5.91 Å². The van der Waals surface area contributed by atoms with E-state index in [1.807, 2.05) is 28.8 Å². The first-order valence-corrected chi connectivity index (χ1v) is 10.9. The number of amides is 1. The third-order valence-corrected chi connectivity index (χ3v) is 6.32. The molecule has 1 aliphatic heterocycles. The Bertz CT molecular complexity index is 855. The molecule has 1 amide bonds. The molecule has 0 saturated carbocycles. The Balaban J connectivity index is 1.40. The predicted octanol–water partition coefficient (Wildman–Crippen LogP) is 2.74. The summed E-state index contributed by atoms with van der Waals surface area (Å²) in [5, 5.41) is 8.33. The lowest BCUT2D eigenvalue weighted by Gasteiger charge is -2.27. The van der Waals surface area contributed by atoms with Crippen LogP contribution in [-0.2, 0) is 26.3 Å². The van der Waals surface area contributed by atoms with Gasteiger partial charge in [-0.1, -0.05) is 18.2 Å². The van der Waals surface area contributed by atoms with Crippen molar-refractivity contribution in [2.24, 2.45) is 7.05 Å². The minimum absolute atomic E-state index is 0.122. The van der Waals surface area contributed by atoms with Crippen LogP contribution in [0.15, 0.2) is 24.3 Å². The first-order chi connectivity index (χ1) is 14.2. The number of rotatable bonds is 6. The molecule has 1 N–H and O–H groups in total. The maximum absolute atomic E-state index is 13.1. The van der Waals surface area contributed by atoms with Crippen LogP contribution in [0.3, 0.4) is 0 Å². The molecule has 0 radical (unpaired) electrons. The summed E-state index contributed by atoms with van der Waals surface area (Å²) in [6, 6.07) is 8.57. The van der Waals surface area contributed by atoms with E-state index in [4.69, 9.17) is 4.74 Å². The zero-order valence-electron chi connectivity index (χ0n) is 17.6. The number of aryl methyl sites for hydroxylation is 1. The number of fused-ring (bicyclic) bond motifs is 1. The van der Waals surface area contributed by atoms with Crippen molar-refractivity contribution in [2.75, 3.05) is 26.7 Å². The maximum Gasteiger partial charge on any atom is 0.274 e. The number of nitrogens with zero attached hydrogens (tertiary/aromatic N) is 3. The molecule has 156 valence electrons. The third kappa shape index (κ3) is 4.32. The van der Waals surface area contributed by atoms with E-state index in [-0.39, 0.29) is 5.91 Å². The molecule has 0 bridgehead atoms. The van der Waals surface area contributed by atoms with Gasteiger partial charge in [0, 0.05) is 37.4 Å². The molecule has 1 saturated heterocycles. The zero-order chi connectivity index (χ0) is 20.2. The van der Waals surface area contributed by atoms with Crippen molar-refractivity contribution in [3.63, 3.8) is 0 Å². The molecule has 1 fully saturated rings. The normalized spacial score (nSPS) is 19.1. The standard InChI is InChI=1S/C23H32N4O2/c1-26-20-11-10-18(24-13-12-17-8-4-5-9-21(17)29-2)16-19(20)22(25-26)23(28)27-14-6-3-7-15-27/h4-5,8-9,18,24H,3,6-7,10-16H2,1-2H3/t18-/m1/s1. The molecule has 6 heteroatoms. The highest BCUT2D eigenvalue weighted by Gasteiger charge is 2.30. The van der Waals surface area contributed by atoms with E-state index >= 15 is 0 Å². The lowest BCUT2D eigenvalue weighted by molar-refractivity contribution is 0.0716. The molecular formula is C23H32N4O2. The van der Waals surface area contributed by atoms with Crippen LogP contribution < -0.4 is 10.1 Å². The molecule has 2 heterocycles. The van der Waals surface area contributed by atoms with Gasteiger partial charge in [-0.2, -0.15) is 5.10 Å². The number of aromatic nitrogens is 2. The van der Waals surface area contributed by atoms with E-state index in [9.17, 15) is 4.79 Å². The second-order valence-electron chi connectivity index (χ2n) is 8.21. The van der Waals surface area contributed by atoms with Crippen LogP contribution >= 0.6 is 0 Å². The maximum atomic E-state index is 13.1. The van der Waals surface area contributed by atoms with Gasteiger partial charge in [-0.3, -0.25) is 9.48 Å². The van der Waals surface area contributed by atoms with Gasteiger partial charge in [0.2, 0.25) is 0 Å². The number of hydrogen-bond acceptors (Lipinski definition) is 4. The van der Waals surface area contributed by atoms with Crippen LogP contribution in [-0.4, -0.2) is 53.4 Å². The van der Waals surface area contributed by atoms with Gasteiger partial charge >= 0.3 is 0 Å². The Hall–Kier alpha value is -2.34. The first-order valence-electron chi connectivity index (χ1n) is 10.9. The second-order valence-corrected chi connectivity index (χ2v) is 8.21. The number of likely N-dealkylation sites (tertiary alicyclic amines) is 1. The SMILES string of the molecule is COc1ccccc1CCN[C@@H]1CCc2c(c(C(=O)N3CCCCC3)nn2C)C1. The fourth-order valence-corrected chi connectivity index (χ4v) is 4.70. The summed E-state index contributed by atoms with van der Waals surface area (Å²) in [7, 11) is 3.69. The fraction of sp³-hybridized carbons (Fsp3) is 0.565. The minimum atomic E-state index is 0.122. The Labute approximate surface area is 173 Å². The van der Waals surface area contributed by atoms with E-state index in [1.165, 1.54) is 17.7 Å². The molecule has 4 rings (SSSR count). The molecule has 1 atom stereocenters. The van der Waals surface area contributed by atoms with Gasteiger partial charge in [0.15, 0.2) is 5.69 Å². The number of benzene rings is 1. The van der Waals surface area contributed by atoms with Gasteiger partial charge in [0.05, 0.1) is 7.11 Å². The second kappa shape index (κ2) is 8.99. The Morgan fingerprint density at radius 3 is 2.83 bits per heavy atom. The molecule has 29 heavy (non-hydrogen) atoms. The summed E-state index contributed by atoms with van der Waals surface area (Å²) in [5.41, 5.74) is 4.29. The Morgan fingerprint density at radius 2 is 2.03 bits per heavy atom. The highest BCUT2D eigenvalue weighted by Crippen LogP contribution is 2.26. The highest BCUT2D eigenvalue weighted by molar-refractivity contribution is 5.94. The van der Waals surface area contributed by atoms with Crippen molar-refractivity contribution in [3.8, 4) is 5.75 Å². The van der Waals surface area contributed by atoms with Crippen LogP contribution in [0.1, 0.15) is 53.0 Å². The number of methoxy groups -OCH3 is 1. The van der Waals surface area contributed by atoms with E-state index in [1.54, 1.807) is 7.11 Å². The molecule has 1 aliphatic carbocycles. The number of para-hydroxylation sites is 1. The quantitative estimate of drug-likeness (QED) is 0.816. The van der Waals surface area contributed by atoms with Crippen LogP contribution in [0.2, 0.25) is 0 Å². The van der Waals surface area contributed by atoms with Gasteiger partial charge < -0.3 is 15.0 Å². The van der Waals surface area contributed by atoms with Crippen molar-refractivity contribution < 1.29 is 9.53 Å². The minimum Gasteiger partial charge on any atom is -0.496 e. The lowest BCUT2D eigenvalue weighted by Crippen LogP contribution is -2.38. The molecule has 1 aromatic heterocycles. The molecule has 0 spiro atoms. The van der Waals surface area contributed by atoms with Crippen molar-refractivity contribution in [1.82, 2.24) is 20.0 Å². The smallest absolute Gasteiger partial charge is 0.274 e. The van der Waals surface area contributed by atoms with Crippen molar-refractivity contribution >= 4 is 5.91 Å². The summed E-state index contributed by atoms with van der Waals surface area (Å²) in [6.45, 7) is 2.63. The largest absolute Gasteiger partial charge is 0.496 e. The summed E-state index contributed by atoms with van der Waals surface area (Å²) >= 11 is 0. The van der Waals surface area contributed by atoms with Crippen molar-refractivity contribution in [3.05, 3.63) is 46.8 Å². The molecule has 1 aromatic carbocycles. The van der Waals surface area contributed by atoms with E-state index in [0.717, 1.165) is 69.5 Å². The van der Waals surface area contributed by atoms with Crippen molar-refractivity contribution in [1.29, 1.82) is 0 Å². The average Bonchev–Trinajstić information content (AvgIpc) is 3.10.